The summed E-state index contributed by atoms with van der Waals surface area (Å²) < 4.78 is 0. The van der Waals surface area contributed by atoms with Crippen molar-refractivity contribution in [1.29, 1.82) is 0 Å². The van der Waals surface area contributed by atoms with Crippen molar-refractivity contribution in [2.75, 3.05) is 9.80 Å². The quantitative estimate of drug-likeness (QED) is 0.218. The lowest BCUT2D eigenvalue weighted by molar-refractivity contribution is 1.22. The molecule has 40 heavy (non-hydrogen) atoms. The first-order valence-electron chi connectivity index (χ1n) is 13.8. The largest absolute Gasteiger partial charge is 0.310 e. The van der Waals surface area contributed by atoms with Crippen molar-refractivity contribution in [3.05, 3.63) is 168 Å². The van der Waals surface area contributed by atoms with Gasteiger partial charge in [0.2, 0.25) is 0 Å². The molecule has 0 fully saturated rings. The van der Waals surface area contributed by atoms with Gasteiger partial charge in [0.25, 0.3) is 0 Å². The SMILES string of the molecule is Cc1ccc(N(c2ccccc2)c2ccc3c(c2)Cc2cc(N(c4ccccc4)c4ccccc4)ccc2-3)cc1. The van der Waals surface area contributed by atoms with Gasteiger partial charge in [-0.05, 0) is 108 Å². The van der Waals surface area contributed by atoms with Gasteiger partial charge >= 0.3 is 0 Å². The molecular weight excluding hydrogens is 484 g/mol. The molecule has 6 aromatic carbocycles. The summed E-state index contributed by atoms with van der Waals surface area (Å²) in [5, 5.41) is 0. The molecule has 0 saturated carbocycles. The zero-order valence-electron chi connectivity index (χ0n) is 22.5. The molecule has 0 amide bonds. The Labute approximate surface area is 236 Å². The lowest BCUT2D eigenvalue weighted by Gasteiger charge is -2.26. The van der Waals surface area contributed by atoms with Gasteiger partial charge in [-0.1, -0.05) is 84.4 Å². The maximum atomic E-state index is 2.37. The van der Waals surface area contributed by atoms with Crippen molar-refractivity contribution < 1.29 is 0 Å². The van der Waals surface area contributed by atoms with Crippen molar-refractivity contribution in [2.45, 2.75) is 13.3 Å². The van der Waals surface area contributed by atoms with Crippen LogP contribution < -0.4 is 9.80 Å². The van der Waals surface area contributed by atoms with E-state index in [-0.39, 0.29) is 0 Å². The minimum Gasteiger partial charge on any atom is -0.310 e. The summed E-state index contributed by atoms with van der Waals surface area (Å²) in [6, 6.07) is 54.5. The minimum absolute atomic E-state index is 0.917. The molecule has 0 spiro atoms. The molecule has 2 heteroatoms. The Balaban J connectivity index is 1.27. The van der Waals surface area contributed by atoms with E-state index in [4.69, 9.17) is 0 Å². The molecule has 0 unspecified atom stereocenters. The topological polar surface area (TPSA) is 6.48 Å². The van der Waals surface area contributed by atoms with Crippen LogP contribution in [0.2, 0.25) is 0 Å². The summed E-state index contributed by atoms with van der Waals surface area (Å²) in [5.41, 5.74) is 13.6. The van der Waals surface area contributed by atoms with Crippen LogP contribution in [0.3, 0.4) is 0 Å². The first kappa shape index (κ1) is 24.0. The molecular formula is C38H30N2. The highest BCUT2D eigenvalue weighted by atomic mass is 15.1. The molecule has 0 saturated heterocycles. The lowest BCUT2D eigenvalue weighted by atomic mass is 10.0. The monoisotopic (exact) mass is 514 g/mol. The van der Waals surface area contributed by atoms with Crippen molar-refractivity contribution >= 4 is 34.1 Å². The van der Waals surface area contributed by atoms with E-state index in [1.807, 2.05) is 0 Å². The number of aryl methyl sites for hydroxylation is 1. The van der Waals surface area contributed by atoms with Gasteiger partial charge in [0.05, 0.1) is 0 Å². The fraction of sp³-hybridized carbons (Fsp3) is 0.0526. The molecule has 7 rings (SSSR count). The number of hydrogen-bond acceptors (Lipinski definition) is 2. The van der Waals surface area contributed by atoms with Crippen molar-refractivity contribution in [1.82, 2.24) is 0 Å². The second kappa shape index (κ2) is 10.2. The molecule has 0 aliphatic heterocycles. The highest BCUT2D eigenvalue weighted by molar-refractivity contribution is 5.86. The number of rotatable bonds is 6. The Kier molecular flexibility index (Phi) is 6.14. The molecule has 2 nitrogen and oxygen atoms in total. The highest BCUT2D eigenvalue weighted by Gasteiger charge is 2.23. The van der Waals surface area contributed by atoms with Crippen LogP contribution in [-0.4, -0.2) is 0 Å². The van der Waals surface area contributed by atoms with Gasteiger partial charge in [0.15, 0.2) is 0 Å². The average molecular weight is 515 g/mol. The predicted octanol–water partition coefficient (Wildman–Crippen LogP) is 10.5. The number of nitrogens with zero attached hydrogens (tertiary/aromatic N) is 2. The molecule has 0 radical (unpaired) electrons. The zero-order chi connectivity index (χ0) is 26.9. The summed E-state index contributed by atoms with van der Waals surface area (Å²) >= 11 is 0. The Hall–Kier alpha value is -5.08. The van der Waals surface area contributed by atoms with E-state index in [2.05, 4.69) is 168 Å². The number of anilines is 6. The molecule has 0 bridgehead atoms. The van der Waals surface area contributed by atoms with Crippen LogP contribution >= 0.6 is 0 Å². The van der Waals surface area contributed by atoms with E-state index in [0.29, 0.717) is 0 Å². The third kappa shape index (κ3) is 4.44. The van der Waals surface area contributed by atoms with Gasteiger partial charge in [0.1, 0.15) is 0 Å². The molecule has 192 valence electrons. The predicted molar refractivity (Wildman–Crippen MR) is 169 cm³/mol. The fourth-order valence-electron chi connectivity index (χ4n) is 5.78. The highest BCUT2D eigenvalue weighted by Crippen LogP contribution is 2.44. The van der Waals surface area contributed by atoms with Crippen LogP contribution in [0.1, 0.15) is 16.7 Å². The van der Waals surface area contributed by atoms with Gasteiger partial charge in [-0.3, -0.25) is 0 Å². The van der Waals surface area contributed by atoms with Crippen molar-refractivity contribution in [2.24, 2.45) is 0 Å². The van der Waals surface area contributed by atoms with E-state index >= 15 is 0 Å². The molecule has 0 atom stereocenters. The van der Waals surface area contributed by atoms with Crippen LogP contribution in [0.4, 0.5) is 34.1 Å². The molecule has 0 N–H and O–H groups in total. The maximum Gasteiger partial charge on any atom is 0.0464 e. The standard InChI is InChI=1S/C38H30N2/c1-28-17-19-34(20-18-28)40(33-15-9-4-10-16-33)36-22-24-38-30(27-36)25-29-26-35(21-23-37(29)38)39(31-11-5-2-6-12-31)32-13-7-3-8-14-32/h2-24,26-27H,25H2,1H3. The van der Waals surface area contributed by atoms with Gasteiger partial charge in [-0.2, -0.15) is 0 Å². The second-order valence-electron chi connectivity index (χ2n) is 10.4. The third-order valence-corrected chi connectivity index (χ3v) is 7.70. The molecule has 0 aromatic heterocycles. The van der Waals surface area contributed by atoms with Crippen LogP contribution in [0.25, 0.3) is 11.1 Å². The Morgan fingerprint density at radius 1 is 0.375 bits per heavy atom. The maximum absolute atomic E-state index is 2.37. The van der Waals surface area contributed by atoms with E-state index in [9.17, 15) is 0 Å². The molecule has 0 heterocycles. The molecule has 1 aliphatic rings. The first-order valence-corrected chi connectivity index (χ1v) is 13.8. The van der Waals surface area contributed by atoms with E-state index in [1.54, 1.807) is 0 Å². The molecule has 1 aliphatic carbocycles. The summed E-state index contributed by atoms with van der Waals surface area (Å²) in [6.45, 7) is 2.13. The van der Waals surface area contributed by atoms with Crippen LogP contribution in [0.15, 0.2) is 152 Å². The van der Waals surface area contributed by atoms with Gasteiger partial charge in [-0.15, -0.1) is 0 Å². The summed E-state index contributed by atoms with van der Waals surface area (Å²) in [4.78, 5) is 4.68. The Morgan fingerprint density at radius 2 is 0.725 bits per heavy atom. The van der Waals surface area contributed by atoms with Gasteiger partial charge in [0, 0.05) is 34.1 Å². The van der Waals surface area contributed by atoms with Gasteiger partial charge in [-0.25, -0.2) is 0 Å². The second-order valence-corrected chi connectivity index (χ2v) is 10.4. The summed E-state index contributed by atoms with van der Waals surface area (Å²) in [5.74, 6) is 0. The zero-order valence-corrected chi connectivity index (χ0v) is 22.5. The number of hydrogen-bond donors (Lipinski definition) is 0. The minimum atomic E-state index is 0.917. The smallest absolute Gasteiger partial charge is 0.0464 e. The van der Waals surface area contributed by atoms with E-state index in [0.717, 1.165) is 29.2 Å². The average Bonchev–Trinajstić information content (AvgIpc) is 3.37. The fourth-order valence-corrected chi connectivity index (χ4v) is 5.78. The van der Waals surface area contributed by atoms with Crippen molar-refractivity contribution in [3.8, 4) is 11.1 Å². The van der Waals surface area contributed by atoms with E-state index in [1.165, 1.54) is 39.2 Å². The van der Waals surface area contributed by atoms with Crippen LogP contribution in [0, 0.1) is 6.92 Å². The number of benzene rings is 6. The summed E-state index contributed by atoms with van der Waals surface area (Å²) in [7, 11) is 0. The lowest BCUT2D eigenvalue weighted by Crippen LogP contribution is -2.10. The van der Waals surface area contributed by atoms with Crippen LogP contribution in [0.5, 0.6) is 0 Å². The molecule has 6 aromatic rings. The van der Waals surface area contributed by atoms with Gasteiger partial charge < -0.3 is 9.80 Å². The summed E-state index contributed by atoms with van der Waals surface area (Å²) in [6.07, 6.45) is 0.917. The number of fused-ring (bicyclic) bond motifs is 3. The normalized spacial score (nSPS) is 11.5. The Bertz CT molecular complexity index is 1720. The first-order chi connectivity index (χ1) is 19.7. The van der Waals surface area contributed by atoms with E-state index < -0.39 is 0 Å². The number of para-hydroxylation sites is 3. The third-order valence-electron chi connectivity index (χ3n) is 7.70. The van der Waals surface area contributed by atoms with Crippen molar-refractivity contribution in [3.63, 3.8) is 0 Å². The Morgan fingerprint density at radius 3 is 1.12 bits per heavy atom. The van der Waals surface area contributed by atoms with Crippen LogP contribution in [-0.2, 0) is 6.42 Å².